The first-order valence-corrected chi connectivity index (χ1v) is 13.7. The van der Waals surface area contributed by atoms with Crippen LogP contribution in [0.4, 0.5) is 5.69 Å². The predicted octanol–water partition coefficient (Wildman–Crippen LogP) is 5.55. The van der Waals surface area contributed by atoms with Gasteiger partial charge >= 0.3 is 0 Å². The molecule has 7 nitrogen and oxygen atoms in total. The lowest BCUT2D eigenvalue weighted by Gasteiger charge is -2.26. The SMILES string of the molecule is COc1ccc(S(=O)(=O)N(Cc2ccccc2)c2ccccc2C(=O)NCCOc2ccccc2Cl)cc1. The van der Waals surface area contributed by atoms with Crippen LogP contribution in [0.3, 0.4) is 0 Å². The minimum atomic E-state index is -4.04. The molecule has 0 heterocycles. The molecule has 0 saturated heterocycles. The largest absolute Gasteiger partial charge is 0.497 e. The summed E-state index contributed by atoms with van der Waals surface area (Å²) in [7, 11) is -2.53. The number of hydrogen-bond acceptors (Lipinski definition) is 5. The fourth-order valence-electron chi connectivity index (χ4n) is 3.79. The van der Waals surface area contributed by atoms with Crippen LogP contribution in [0, 0.1) is 0 Å². The number of hydrogen-bond donors (Lipinski definition) is 1. The minimum absolute atomic E-state index is 0.0368. The van der Waals surface area contributed by atoms with Crippen LogP contribution in [0.15, 0.2) is 108 Å². The zero-order valence-corrected chi connectivity index (χ0v) is 22.3. The monoisotopic (exact) mass is 550 g/mol. The standard InChI is InChI=1S/C29H27ClN2O5S/c1-36-23-15-17-24(18-16-23)38(34,35)32(21-22-9-3-2-4-10-22)27-13-7-5-11-25(27)29(33)31-19-20-37-28-14-8-6-12-26(28)30/h2-18H,19-21H2,1H3,(H,31,33). The summed E-state index contributed by atoms with van der Waals surface area (Å²) in [5.74, 6) is 0.632. The maximum atomic E-state index is 13.9. The molecule has 4 aromatic carbocycles. The van der Waals surface area contributed by atoms with Crippen molar-refractivity contribution >= 4 is 33.2 Å². The van der Waals surface area contributed by atoms with Gasteiger partial charge in [0.05, 0.1) is 41.4 Å². The minimum Gasteiger partial charge on any atom is -0.497 e. The number of benzene rings is 4. The third-order valence-electron chi connectivity index (χ3n) is 5.72. The van der Waals surface area contributed by atoms with Gasteiger partial charge < -0.3 is 14.8 Å². The van der Waals surface area contributed by atoms with Gasteiger partial charge in [-0.05, 0) is 54.1 Å². The molecule has 196 valence electrons. The second kappa shape index (κ2) is 12.5. The molecule has 0 aromatic heterocycles. The number of ether oxygens (including phenoxy) is 2. The van der Waals surface area contributed by atoms with E-state index < -0.39 is 15.9 Å². The number of nitrogens with zero attached hydrogens (tertiary/aromatic N) is 1. The van der Waals surface area contributed by atoms with Crippen molar-refractivity contribution in [3.05, 3.63) is 119 Å². The number of carbonyl (C=O) groups excluding carboxylic acids is 1. The number of halogens is 1. The molecule has 9 heteroatoms. The van der Waals surface area contributed by atoms with Crippen LogP contribution in [-0.4, -0.2) is 34.6 Å². The third-order valence-corrected chi connectivity index (χ3v) is 7.80. The number of anilines is 1. The van der Waals surface area contributed by atoms with Gasteiger partial charge in [0.15, 0.2) is 0 Å². The van der Waals surface area contributed by atoms with Crippen molar-refractivity contribution < 1.29 is 22.7 Å². The van der Waals surface area contributed by atoms with Crippen molar-refractivity contribution in [1.82, 2.24) is 5.32 Å². The molecular weight excluding hydrogens is 524 g/mol. The Morgan fingerprint density at radius 3 is 2.24 bits per heavy atom. The van der Waals surface area contributed by atoms with Crippen molar-refractivity contribution in [1.29, 1.82) is 0 Å². The molecule has 0 aliphatic rings. The number of nitrogens with one attached hydrogen (secondary N) is 1. The molecule has 4 aromatic rings. The van der Waals surface area contributed by atoms with E-state index in [0.29, 0.717) is 16.5 Å². The van der Waals surface area contributed by atoms with E-state index in [0.717, 1.165) is 5.56 Å². The first-order valence-electron chi connectivity index (χ1n) is 11.9. The van der Waals surface area contributed by atoms with Crippen molar-refractivity contribution in [2.75, 3.05) is 24.6 Å². The van der Waals surface area contributed by atoms with E-state index in [4.69, 9.17) is 21.1 Å². The van der Waals surface area contributed by atoms with E-state index in [-0.39, 0.29) is 35.8 Å². The van der Waals surface area contributed by atoms with Crippen LogP contribution in [0.25, 0.3) is 0 Å². The van der Waals surface area contributed by atoms with Crippen LogP contribution in [0.2, 0.25) is 5.02 Å². The molecule has 0 saturated carbocycles. The second-order valence-electron chi connectivity index (χ2n) is 8.22. The van der Waals surface area contributed by atoms with Gasteiger partial charge in [-0.25, -0.2) is 8.42 Å². The van der Waals surface area contributed by atoms with Gasteiger partial charge in [0, 0.05) is 0 Å². The zero-order chi connectivity index (χ0) is 27.0. The lowest BCUT2D eigenvalue weighted by atomic mass is 10.1. The Labute approximate surface area is 227 Å². The number of amides is 1. The maximum Gasteiger partial charge on any atom is 0.264 e. The summed E-state index contributed by atoms with van der Waals surface area (Å²) in [5, 5.41) is 3.29. The Hall–Kier alpha value is -4.01. The van der Waals surface area contributed by atoms with Gasteiger partial charge in [-0.2, -0.15) is 0 Å². The molecule has 0 unspecified atom stereocenters. The van der Waals surface area contributed by atoms with Crippen molar-refractivity contribution in [2.24, 2.45) is 0 Å². The van der Waals surface area contributed by atoms with Crippen molar-refractivity contribution in [3.8, 4) is 11.5 Å². The number of rotatable bonds is 11. The third kappa shape index (κ3) is 6.45. The Bertz CT molecular complexity index is 1480. The smallest absolute Gasteiger partial charge is 0.264 e. The van der Waals surface area contributed by atoms with Crippen molar-refractivity contribution in [2.45, 2.75) is 11.4 Å². The number of methoxy groups -OCH3 is 1. The van der Waals surface area contributed by atoms with E-state index in [2.05, 4.69) is 5.32 Å². The molecule has 0 bridgehead atoms. The Morgan fingerprint density at radius 1 is 0.868 bits per heavy atom. The lowest BCUT2D eigenvalue weighted by Crippen LogP contribution is -2.34. The molecule has 0 fully saturated rings. The van der Waals surface area contributed by atoms with Gasteiger partial charge in [0.2, 0.25) is 0 Å². The highest BCUT2D eigenvalue weighted by Crippen LogP contribution is 2.30. The lowest BCUT2D eigenvalue weighted by molar-refractivity contribution is 0.0947. The Kier molecular flexibility index (Phi) is 8.89. The molecule has 0 atom stereocenters. The zero-order valence-electron chi connectivity index (χ0n) is 20.7. The van der Waals surface area contributed by atoms with Crippen LogP contribution < -0.4 is 19.1 Å². The van der Waals surface area contributed by atoms with Gasteiger partial charge in [-0.15, -0.1) is 0 Å². The molecule has 0 spiro atoms. The van der Waals surface area contributed by atoms with Gasteiger partial charge in [0.25, 0.3) is 15.9 Å². The quantitative estimate of drug-likeness (QED) is 0.247. The molecule has 4 rings (SSSR count). The average Bonchev–Trinajstić information content (AvgIpc) is 2.95. The number of para-hydroxylation sites is 2. The summed E-state index contributed by atoms with van der Waals surface area (Å²) in [4.78, 5) is 13.3. The molecule has 0 radical (unpaired) electrons. The van der Waals surface area contributed by atoms with Crippen LogP contribution in [0.5, 0.6) is 11.5 Å². The highest BCUT2D eigenvalue weighted by molar-refractivity contribution is 7.92. The van der Waals surface area contributed by atoms with Crippen LogP contribution in [0.1, 0.15) is 15.9 Å². The second-order valence-corrected chi connectivity index (χ2v) is 10.5. The first-order chi connectivity index (χ1) is 18.4. The summed E-state index contributed by atoms with van der Waals surface area (Å²) in [6, 6.07) is 29.0. The first kappa shape index (κ1) is 27.0. The maximum absolute atomic E-state index is 13.9. The van der Waals surface area contributed by atoms with Gasteiger partial charge in [-0.3, -0.25) is 9.10 Å². The van der Waals surface area contributed by atoms with E-state index in [1.807, 2.05) is 30.3 Å². The molecule has 1 amide bonds. The predicted molar refractivity (Wildman–Crippen MR) is 149 cm³/mol. The number of sulfonamides is 1. The molecular formula is C29H27ClN2O5S. The summed E-state index contributed by atoms with van der Waals surface area (Å²) in [6.07, 6.45) is 0. The summed E-state index contributed by atoms with van der Waals surface area (Å²) in [5.41, 5.74) is 1.25. The molecule has 0 aliphatic heterocycles. The molecule has 1 N–H and O–H groups in total. The molecule has 38 heavy (non-hydrogen) atoms. The summed E-state index contributed by atoms with van der Waals surface area (Å²) in [6.45, 7) is 0.424. The van der Waals surface area contributed by atoms with Crippen LogP contribution in [-0.2, 0) is 16.6 Å². The Balaban J connectivity index is 1.60. The van der Waals surface area contributed by atoms with Gasteiger partial charge in [0.1, 0.15) is 18.1 Å². The van der Waals surface area contributed by atoms with E-state index >= 15 is 0 Å². The van der Waals surface area contributed by atoms with E-state index in [1.165, 1.54) is 23.5 Å². The van der Waals surface area contributed by atoms with Crippen LogP contribution >= 0.6 is 11.6 Å². The highest BCUT2D eigenvalue weighted by atomic mass is 35.5. The topological polar surface area (TPSA) is 84.9 Å². The van der Waals surface area contributed by atoms with E-state index in [9.17, 15) is 13.2 Å². The van der Waals surface area contributed by atoms with Crippen molar-refractivity contribution in [3.63, 3.8) is 0 Å². The molecule has 0 aliphatic carbocycles. The normalized spacial score (nSPS) is 11.0. The van der Waals surface area contributed by atoms with E-state index in [1.54, 1.807) is 60.7 Å². The van der Waals surface area contributed by atoms with Gasteiger partial charge in [-0.1, -0.05) is 66.2 Å². The average molecular weight is 551 g/mol. The fraction of sp³-hybridized carbons (Fsp3) is 0.138. The Morgan fingerprint density at radius 2 is 1.53 bits per heavy atom. The fourth-order valence-corrected chi connectivity index (χ4v) is 5.45. The highest BCUT2D eigenvalue weighted by Gasteiger charge is 2.28. The number of carbonyl (C=O) groups is 1. The summed E-state index contributed by atoms with van der Waals surface area (Å²) < 4.78 is 39.8. The summed E-state index contributed by atoms with van der Waals surface area (Å²) >= 11 is 6.11.